The Kier molecular flexibility index (Phi) is 6.56. The Bertz CT molecular complexity index is 1050. The second kappa shape index (κ2) is 9.02. The summed E-state index contributed by atoms with van der Waals surface area (Å²) in [6.07, 6.45) is 14.8. The minimum absolute atomic E-state index is 0.0415. The highest BCUT2D eigenvalue weighted by Crippen LogP contribution is 2.67. The van der Waals surface area contributed by atoms with E-state index in [0.717, 1.165) is 43.3 Å². The van der Waals surface area contributed by atoms with Crippen molar-refractivity contribution in [2.24, 2.45) is 22.7 Å². The molecule has 3 aliphatic carbocycles. The number of carbonyl (C=O) groups is 2. The van der Waals surface area contributed by atoms with Crippen molar-refractivity contribution in [3.63, 3.8) is 0 Å². The number of hydrogen-bond donors (Lipinski definition) is 1. The Balaban J connectivity index is 1.68. The molecule has 184 valence electrons. The molecule has 4 rings (SSSR count). The van der Waals surface area contributed by atoms with Crippen molar-refractivity contribution in [1.82, 2.24) is 0 Å². The standard InChI is InChI=1S/C30H40O4/c1-18(2)23-9-10-25-22(17-21(23)8-12-27(31)32)13-15-29(5)24(14-16-30(25,29)6)20(4)26-11-7-19(3)28(33)34-26/h7,9-10,17,20,24,26H,8,11-16H2,1-6H3,(H,31,32)/t20-,24+,26+,29+,30-/m0/s1. The maximum absolute atomic E-state index is 12.2. The third-order valence-corrected chi connectivity index (χ3v) is 9.60. The van der Waals surface area contributed by atoms with Gasteiger partial charge in [-0.25, -0.2) is 4.79 Å². The zero-order chi connectivity index (χ0) is 24.8. The zero-order valence-electron chi connectivity index (χ0n) is 21.7. The first-order chi connectivity index (χ1) is 16.0. The van der Waals surface area contributed by atoms with Crippen LogP contribution in [-0.4, -0.2) is 23.1 Å². The molecule has 1 N–H and O–H groups in total. The molecule has 4 heteroatoms. The van der Waals surface area contributed by atoms with Crippen LogP contribution in [0.2, 0.25) is 0 Å². The van der Waals surface area contributed by atoms with Crippen LogP contribution in [0.25, 0.3) is 0 Å². The van der Waals surface area contributed by atoms with Gasteiger partial charge in [-0.1, -0.05) is 50.6 Å². The van der Waals surface area contributed by atoms with Crippen molar-refractivity contribution in [2.45, 2.75) is 92.6 Å². The van der Waals surface area contributed by atoms with Gasteiger partial charge in [-0.3, -0.25) is 4.79 Å². The number of hydrogen-bond acceptors (Lipinski definition) is 3. The van der Waals surface area contributed by atoms with Crippen LogP contribution >= 0.6 is 0 Å². The molecule has 0 saturated heterocycles. The molecule has 0 bridgehead atoms. The van der Waals surface area contributed by atoms with Crippen molar-refractivity contribution >= 4 is 11.9 Å². The van der Waals surface area contributed by atoms with Gasteiger partial charge < -0.3 is 9.84 Å². The van der Waals surface area contributed by atoms with Gasteiger partial charge in [-0.05, 0) is 97.8 Å². The van der Waals surface area contributed by atoms with Gasteiger partial charge in [-0.2, -0.15) is 0 Å². The fourth-order valence-electron chi connectivity index (χ4n) is 7.26. The lowest BCUT2D eigenvalue weighted by atomic mass is 9.53. The molecule has 34 heavy (non-hydrogen) atoms. The molecular weight excluding hydrogens is 424 g/mol. The van der Waals surface area contributed by atoms with Crippen LogP contribution < -0.4 is 0 Å². The topological polar surface area (TPSA) is 63.6 Å². The summed E-state index contributed by atoms with van der Waals surface area (Å²) in [4.78, 5) is 23.5. The van der Waals surface area contributed by atoms with Gasteiger partial charge in [0, 0.05) is 18.4 Å². The summed E-state index contributed by atoms with van der Waals surface area (Å²) < 4.78 is 5.86. The highest BCUT2D eigenvalue weighted by atomic mass is 16.5. The average molecular weight is 465 g/mol. The van der Waals surface area contributed by atoms with Crippen molar-refractivity contribution in [1.29, 1.82) is 0 Å². The van der Waals surface area contributed by atoms with Gasteiger partial charge in [0.2, 0.25) is 0 Å². The lowest BCUT2D eigenvalue weighted by Crippen LogP contribution is -2.45. The molecule has 0 aromatic carbocycles. The number of carboxylic acid groups (broad SMARTS) is 1. The molecule has 0 amide bonds. The van der Waals surface area contributed by atoms with Crippen LogP contribution in [0.1, 0.15) is 86.5 Å². The van der Waals surface area contributed by atoms with Crippen LogP contribution in [0.3, 0.4) is 0 Å². The third kappa shape index (κ3) is 4.03. The minimum atomic E-state index is -0.749. The number of cyclic esters (lactones) is 1. The lowest BCUT2D eigenvalue weighted by molar-refractivity contribution is -0.150. The van der Waals surface area contributed by atoms with Gasteiger partial charge >= 0.3 is 11.9 Å². The van der Waals surface area contributed by atoms with Crippen molar-refractivity contribution in [3.8, 4) is 0 Å². The second-order valence-corrected chi connectivity index (χ2v) is 11.6. The van der Waals surface area contributed by atoms with E-state index in [0.29, 0.717) is 18.3 Å². The van der Waals surface area contributed by atoms with Crippen LogP contribution in [0.4, 0.5) is 0 Å². The highest BCUT2D eigenvalue weighted by molar-refractivity contribution is 5.88. The van der Waals surface area contributed by atoms with E-state index in [1.165, 1.54) is 22.3 Å². The monoisotopic (exact) mass is 464 g/mol. The number of carbonyl (C=O) groups excluding carboxylic acids is 1. The normalized spacial score (nSPS) is 33.9. The van der Waals surface area contributed by atoms with E-state index in [1.54, 1.807) is 0 Å². The summed E-state index contributed by atoms with van der Waals surface area (Å²) in [5.41, 5.74) is 7.26. The second-order valence-electron chi connectivity index (χ2n) is 11.6. The predicted octanol–water partition coefficient (Wildman–Crippen LogP) is 7.09. The summed E-state index contributed by atoms with van der Waals surface area (Å²) in [6.45, 7) is 13.2. The number of allylic oxidation sites excluding steroid dienone is 8. The number of ether oxygens (including phenoxy) is 1. The predicted molar refractivity (Wildman–Crippen MR) is 135 cm³/mol. The van der Waals surface area contributed by atoms with Crippen molar-refractivity contribution < 1.29 is 19.4 Å². The van der Waals surface area contributed by atoms with Gasteiger partial charge in [0.25, 0.3) is 0 Å². The number of carboxylic acids is 1. The smallest absolute Gasteiger partial charge is 0.333 e. The van der Waals surface area contributed by atoms with E-state index in [2.05, 4.69) is 52.8 Å². The largest absolute Gasteiger partial charge is 0.481 e. The Morgan fingerprint density at radius 2 is 1.97 bits per heavy atom. The van der Waals surface area contributed by atoms with E-state index in [4.69, 9.17) is 4.74 Å². The Labute approximate surface area is 204 Å². The number of rotatable bonds is 5. The Morgan fingerprint density at radius 1 is 1.24 bits per heavy atom. The summed E-state index contributed by atoms with van der Waals surface area (Å²) in [5.74, 6) is -0.110. The van der Waals surface area contributed by atoms with E-state index >= 15 is 0 Å². The molecule has 4 aliphatic rings. The molecule has 0 spiro atoms. The van der Waals surface area contributed by atoms with E-state index < -0.39 is 5.97 Å². The lowest BCUT2D eigenvalue weighted by Gasteiger charge is -2.51. The maximum atomic E-state index is 12.2. The van der Waals surface area contributed by atoms with Crippen molar-refractivity contribution in [3.05, 3.63) is 57.7 Å². The number of esters is 1. The summed E-state index contributed by atoms with van der Waals surface area (Å²) in [7, 11) is 0. The SMILES string of the molecule is CC1=CC[C@H]([C@@H](C)[C@H]2CC[C@@]3(C)C4=C(C=C(CCC(=O)O)C(=C(C)C)C=C4)CC[C@]23C)OC1=O. The van der Waals surface area contributed by atoms with E-state index in [1.807, 2.05) is 13.0 Å². The molecule has 4 nitrogen and oxygen atoms in total. The summed E-state index contributed by atoms with van der Waals surface area (Å²) in [5, 5.41) is 9.28. The average Bonchev–Trinajstić information content (AvgIpc) is 2.93. The first-order valence-electron chi connectivity index (χ1n) is 12.9. The Morgan fingerprint density at radius 3 is 2.62 bits per heavy atom. The fraction of sp³-hybridized carbons (Fsp3) is 0.600. The molecular formula is C30H40O4. The van der Waals surface area contributed by atoms with Crippen LogP contribution in [0, 0.1) is 22.7 Å². The van der Waals surface area contributed by atoms with Crippen molar-refractivity contribution in [2.75, 3.05) is 0 Å². The summed E-state index contributed by atoms with van der Waals surface area (Å²) in [6, 6.07) is 0. The molecule has 0 radical (unpaired) electrons. The van der Waals surface area contributed by atoms with Gasteiger partial charge in [0.15, 0.2) is 0 Å². The quantitative estimate of drug-likeness (QED) is 0.441. The third-order valence-electron chi connectivity index (χ3n) is 9.60. The van der Waals surface area contributed by atoms with Crippen LogP contribution in [0.15, 0.2) is 57.7 Å². The van der Waals surface area contributed by atoms with Gasteiger partial charge in [-0.15, -0.1) is 0 Å². The van der Waals surface area contributed by atoms with Crippen LogP contribution in [0.5, 0.6) is 0 Å². The minimum Gasteiger partial charge on any atom is -0.481 e. The van der Waals surface area contributed by atoms with Crippen LogP contribution in [-0.2, 0) is 14.3 Å². The molecule has 1 aliphatic heterocycles. The first-order valence-corrected chi connectivity index (χ1v) is 12.9. The van der Waals surface area contributed by atoms with Gasteiger partial charge in [0.1, 0.15) is 6.10 Å². The van der Waals surface area contributed by atoms with Gasteiger partial charge in [0.05, 0.1) is 0 Å². The number of aliphatic carboxylic acids is 1. The Hall–Kier alpha value is -2.36. The highest BCUT2D eigenvalue weighted by Gasteiger charge is 2.59. The first kappa shape index (κ1) is 24.8. The molecule has 1 fully saturated rings. The summed E-state index contributed by atoms with van der Waals surface area (Å²) >= 11 is 0. The maximum Gasteiger partial charge on any atom is 0.333 e. The van der Waals surface area contributed by atoms with E-state index in [-0.39, 0.29) is 29.3 Å². The molecule has 1 heterocycles. The van der Waals surface area contributed by atoms with E-state index in [9.17, 15) is 14.7 Å². The molecule has 1 saturated carbocycles. The molecule has 0 aromatic heterocycles. The molecule has 5 atom stereocenters. The fourth-order valence-corrected chi connectivity index (χ4v) is 7.26. The molecule has 0 aromatic rings. The zero-order valence-corrected chi connectivity index (χ0v) is 21.7. The molecule has 0 unspecified atom stereocenters. The number of fused-ring (bicyclic) bond motifs is 2.